The number of rotatable bonds is 4. The van der Waals surface area contributed by atoms with Gasteiger partial charge in [0.25, 0.3) is 5.91 Å². The first-order valence-corrected chi connectivity index (χ1v) is 11.8. The Morgan fingerprint density at radius 2 is 1.67 bits per heavy atom. The average Bonchev–Trinajstić information content (AvgIpc) is 3.26. The van der Waals surface area contributed by atoms with Gasteiger partial charge in [-0.2, -0.15) is 5.10 Å². The van der Waals surface area contributed by atoms with E-state index in [1.165, 1.54) is 27.8 Å². The quantitative estimate of drug-likeness (QED) is 0.552. The van der Waals surface area contributed by atoms with Gasteiger partial charge in [-0.05, 0) is 55.5 Å². The second-order valence-corrected chi connectivity index (χ2v) is 9.46. The van der Waals surface area contributed by atoms with Gasteiger partial charge < -0.3 is 0 Å². The lowest BCUT2D eigenvalue weighted by atomic mass is 9.94. The summed E-state index contributed by atoms with van der Waals surface area (Å²) in [4.78, 5) is 15.8. The van der Waals surface area contributed by atoms with E-state index in [1.54, 1.807) is 5.01 Å². The van der Waals surface area contributed by atoms with Crippen LogP contribution in [0.3, 0.4) is 0 Å². The molecule has 0 aromatic heterocycles. The molecule has 2 aliphatic heterocycles. The fourth-order valence-corrected chi connectivity index (χ4v) is 4.95. The van der Waals surface area contributed by atoms with Crippen LogP contribution in [0.25, 0.3) is 0 Å². The summed E-state index contributed by atoms with van der Waals surface area (Å²) < 4.78 is 0. The molecule has 0 aliphatic carbocycles. The normalized spacial score (nSPS) is 18.2. The zero-order valence-electron chi connectivity index (χ0n) is 19.7. The molecule has 0 saturated carbocycles. The van der Waals surface area contributed by atoms with Crippen molar-refractivity contribution < 1.29 is 4.79 Å². The number of benzene rings is 3. The zero-order valence-corrected chi connectivity index (χ0v) is 19.7. The Morgan fingerprint density at radius 3 is 2.45 bits per heavy atom. The van der Waals surface area contributed by atoms with Crippen molar-refractivity contribution in [3.05, 3.63) is 106 Å². The van der Waals surface area contributed by atoms with E-state index in [0.29, 0.717) is 6.54 Å². The van der Waals surface area contributed by atoms with Crippen molar-refractivity contribution in [2.45, 2.75) is 46.2 Å². The van der Waals surface area contributed by atoms with E-state index in [2.05, 4.69) is 92.4 Å². The van der Waals surface area contributed by atoms with Gasteiger partial charge in [-0.15, -0.1) is 0 Å². The predicted octanol–water partition coefficient (Wildman–Crippen LogP) is 5.35. The van der Waals surface area contributed by atoms with Gasteiger partial charge in [-0.1, -0.05) is 71.8 Å². The molecule has 0 fully saturated rings. The van der Waals surface area contributed by atoms with Crippen LogP contribution in [-0.4, -0.2) is 34.6 Å². The molecule has 3 aromatic carbocycles. The van der Waals surface area contributed by atoms with Gasteiger partial charge in [0.15, 0.2) is 0 Å². The van der Waals surface area contributed by atoms with Crippen LogP contribution in [0.4, 0.5) is 0 Å². The summed E-state index contributed by atoms with van der Waals surface area (Å²) in [5, 5.41) is 6.68. The third kappa shape index (κ3) is 4.49. The number of fused-ring (bicyclic) bond motifs is 1. The van der Waals surface area contributed by atoms with Crippen molar-refractivity contribution in [1.82, 2.24) is 9.91 Å². The van der Waals surface area contributed by atoms with Crippen molar-refractivity contribution in [3.8, 4) is 0 Å². The smallest absolute Gasteiger partial charge is 0.257 e. The number of aryl methyl sites for hydroxylation is 3. The van der Waals surface area contributed by atoms with Crippen molar-refractivity contribution in [1.29, 1.82) is 0 Å². The fraction of sp³-hybridized carbons (Fsp3) is 0.310. The fourth-order valence-electron chi connectivity index (χ4n) is 4.95. The molecule has 4 heteroatoms. The van der Waals surface area contributed by atoms with E-state index in [0.717, 1.165) is 42.8 Å². The molecule has 1 amide bonds. The maximum absolute atomic E-state index is 13.6. The Labute approximate surface area is 196 Å². The van der Waals surface area contributed by atoms with E-state index in [4.69, 9.17) is 5.10 Å². The summed E-state index contributed by atoms with van der Waals surface area (Å²) in [5.74, 6) is 0.0697. The lowest BCUT2D eigenvalue weighted by Gasteiger charge is -2.30. The summed E-state index contributed by atoms with van der Waals surface area (Å²) >= 11 is 0. The molecule has 168 valence electrons. The van der Waals surface area contributed by atoms with Crippen LogP contribution in [0.2, 0.25) is 0 Å². The van der Waals surface area contributed by atoms with E-state index in [-0.39, 0.29) is 11.9 Å². The third-order valence-electron chi connectivity index (χ3n) is 6.90. The maximum Gasteiger partial charge on any atom is 0.257 e. The van der Waals surface area contributed by atoms with Crippen molar-refractivity contribution in [2.75, 3.05) is 13.1 Å². The van der Waals surface area contributed by atoms with Crippen LogP contribution in [0.1, 0.15) is 51.4 Å². The molecule has 3 aromatic rings. The molecule has 2 heterocycles. The lowest BCUT2D eigenvalue weighted by Crippen LogP contribution is -2.40. The summed E-state index contributed by atoms with van der Waals surface area (Å²) in [5.41, 5.74) is 9.64. The molecule has 1 atom stereocenters. The standard InChI is InChI=1S/C29H31N3O/c1-20-9-12-24(13-10-20)28-17-27(26-16-21(2)8-11-22(26)3)30-32(28)29(33)19-31-15-14-23-6-4-5-7-25(23)18-31/h4-13,16,28H,14-15,17-19H2,1-3H3/t28-/m0/s1. The molecule has 0 spiro atoms. The van der Waals surface area contributed by atoms with Crippen LogP contribution in [0.5, 0.6) is 0 Å². The minimum atomic E-state index is -0.0647. The van der Waals surface area contributed by atoms with Crippen LogP contribution in [-0.2, 0) is 17.8 Å². The van der Waals surface area contributed by atoms with Crippen molar-refractivity contribution >= 4 is 11.6 Å². The predicted molar refractivity (Wildman–Crippen MR) is 133 cm³/mol. The Morgan fingerprint density at radius 1 is 0.939 bits per heavy atom. The maximum atomic E-state index is 13.6. The highest BCUT2D eigenvalue weighted by Gasteiger charge is 2.34. The van der Waals surface area contributed by atoms with Gasteiger partial charge in [-0.3, -0.25) is 9.69 Å². The van der Waals surface area contributed by atoms with Crippen LogP contribution >= 0.6 is 0 Å². The second-order valence-electron chi connectivity index (χ2n) is 9.46. The first-order chi connectivity index (χ1) is 16.0. The number of hydrazone groups is 1. The minimum absolute atomic E-state index is 0.0647. The molecule has 2 aliphatic rings. The highest BCUT2D eigenvalue weighted by molar-refractivity contribution is 6.04. The molecular weight excluding hydrogens is 406 g/mol. The molecule has 0 N–H and O–H groups in total. The van der Waals surface area contributed by atoms with Gasteiger partial charge in [0.05, 0.1) is 18.3 Å². The lowest BCUT2D eigenvalue weighted by molar-refractivity contribution is -0.134. The van der Waals surface area contributed by atoms with Crippen LogP contribution < -0.4 is 0 Å². The second kappa shape index (κ2) is 8.95. The molecule has 33 heavy (non-hydrogen) atoms. The number of hydrogen-bond acceptors (Lipinski definition) is 3. The minimum Gasteiger partial charge on any atom is -0.290 e. The Balaban J connectivity index is 1.42. The molecule has 4 nitrogen and oxygen atoms in total. The van der Waals surface area contributed by atoms with Crippen molar-refractivity contribution in [3.63, 3.8) is 0 Å². The van der Waals surface area contributed by atoms with Gasteiger partial charge >= 0.3 is 0 Å². The van der Waals surface area contributed by atoms with E-state index in [1.807, 2.05) is 0 Å². The monoisotopic (exact) mass is 437 g/mol. The van der Waals surface area contributed by atoms with Gasteiger partial charge in [0, 0.05) is 25.1 Å². The van der Waals surface area contributed by atoms with E-state index < -0.39 is 0 Å². The first-order valence-electron chi connectivity index (χ1n) is 11.8. The van der Waals surface area contributed by atoms with Gasteiger partial charge in [0.1, 0.15) is 0 Å². The first kappa shape index (κ1) is 21.6. The summed E-state index contributed by atoms with van der Waals surface area (Å²) in [6.45, 7) is 8.42. The third-order valence-corrected chi connectivity index (χ3v) is 6.90. The van der Waals surface area contributed by atoms with Gasteiger partial charge in [0.2, 0.25) is 0 Å². The molecule has 5 rings (SSSR count). The molecule has 0 radical (unpaired) electrons. The Hall–Kier alpha value is -3.24. The van der Waals surface area contributed by atoms with E-state index in [9.17, 15) is 4.79 Å². The molecule has 0 bridgehead atoms. The van der Waals surface area contributed by atoms with Crippen LogP contribution in [0, 0.1) is 20.8 Å². The number of carbonyl (C=O) groups excluding carboxylic acids is 1. The number of amides is 1. The number of carbonyl (C=O) groups is 1. The molecule has 0 saturated heterocycles. The van der Waals surface area contributed by atoms with Crippen molar-refractivity contribution in [2.24, 2.45) is 5.10 Å². The highest BCUT2D eigenvalue weighted by atomic mass is 16.2. The Kier molecular flexibility index (Phi) is 5.86. The molecule has 0 unspecified atom stereocenters. The Bertz CT molecular complexity index is 1210. The largest absolute Gasteiger partial charge is 0.290 e. The molecular formula is C29H31N3O. The summed E-state index contributed by atoms with van der Waals surface area (Å²) in [6, 6.07) is 23.5. The SMILES string of the molecule is Cc1ccc([C@@H]2CC(c3cc(C)ccc3C)=NN2C(=O)CN2CCc3ccccc3C2)cc1. The van der Waals surface area contributed by atoms with E-state index >= 15 is 0 Å². The highest BCUT2D eigenvalue weighted by Crippen LogP contribution is 2.34. The average molecular weight is 438 g/mol. The summed E-state index contributed by atoms with van der Waals surface area (Å²) in [7, 11) is 0. The van der Waals surface area contributed by atoms with Gasteiger partial charge in [-0.25, -0.2) is 5.01 Å². The summed E-state index contributed by atoms with van der Waals surface area (Å²) in [6.07, 6.45) is 1.73. The number of nitrogens with zero attached hydrogens (tertiary/aromatic N) is 3. The number of hydrogen-bond donors (Lipinski definition) is 0. The zero-order chi connectivity index (χ0) is 22.9. The topological polar surface area (TPSA) is 35.9 Å². The van der Waals surface area contributed by atoms with Crippen LogP contribution in [0.15, 0.2) is 71.8 Å².